The van der Waals surface area contributed by atoms with Crippen LogP contribution in [0.1, 0.15) is 18.0 Å². The monoisotopic (exact) mass is 280 g/mol. The van der Waals surface area contributed by atoms with Crippen molar-refractivity contribution in [1.82, 2.24) is 9.88 Å². The Labute approximate surface area is 112 Å². The number of carbonyl (C=O) groups is 1. The molecular weight excluding hydrogens is 264 g/mol. The third-order valence-corrected chi connectivity index (χ3v) is 5.65. The van der Waals surface area contributed by atoms with Crippen molar-refractivity contribution in [3.8, 4) is 0 Å². The molecule has 2 fully saturated rings. The van der Waals surface area contributed by atoms with Gasteiger partial charge in [-0.2, -0.15) is 0 Å². The van der Waals surface area contributed by atoms with Gasteiger partial charge in [-0.3, -0.25) is 9.78 Å². The highest BCUT2D eigenvalue weighted by Gasteiger charge is 2.40. The van der Waals surface area contributed by atoms with Crippen LogP contribution in [0, 0.1) is 5.92 Å². The van der Waals surface area contributed by atoms with Gasteiger partial charge in [-0.05, 0) is 18.6 Å². The lowest BCUT2D eigenvalue weighted by Gasteiger charge is -2.40. The van der Waals surface area contributed by atoms with Gasteiger partial charge in [0.1, 0.15) is 0 Å². The van der Waals surface area contributed by atoms with Gasteiger partial charge in [0.2, 0.25) is 5.91 Å². The fourth-order valence-corrected chi connectivity index (χ4v) is 4.44. The summed E-state index contributed by atoms with van der Waals surface area (Å²) in [6, 6.07) is 5.78. The van der Waals surface area contributed by atoms with E-state index in [9.17, 15) is 13.2 Å². The highest BCUT2D eigenvalue weighted by atomic mass is 32.2. The zero-order valence-electron chi connectivity index (χ0n) is 10.5. The fraction of sp³-hybridized carbons (Fsp3) is 0.538. The van der Waals surface area contributed by atoms with Crippen LogP contribution in [0.5, 0.6) is 0 Å². The SMILES string of the molecule is O=C([C@@H]1CCS(=O)(=O)C1)N1CC(c2ccccn2)C1. The average molecular weight is 280 g/mol. The Kier molecular flexibility index (Phi) is 3.05. The van der Waals surface area contributed by atoms with E-state index in [4.69, 9.17) is 0 Å². The first-order chi connectivity index (χ1) is 9.05. The summed E-state index contributed by atoms with van der Waals surface area (Å²) in [6.07, 6.45) is 2.23. The van der Waals surface area contributed by atoms with Crippen LogP contribution in [0.3, 0.4) is 0 Å². The molecule has 2 saturated heterocycles. The normalized spacial score (nSPS) is 26.1. The summed E-state index contributed by atoms with van der Waals surface area (Å²) in [5.74, 6) is 0.142. The van der Waals surface area contributed by atoms with Crippen LogP contribution in [0.4, 0.5) is 0 Å². The Bertz CT molecular complexity index is 579. The topological polar surface area (TPSA) is 67.3 Å². The van der Waals surface area contributed by atoms with E-state index in [1.807, 2.05) is 18.2 Å². The number of nitrogens with zero attached hydrogens (tertiary/aromatic N) is 2. The van der Waals surface area contributed by atoms with Crippen molar-refractivity contribution in [1.29, 1.82) is 0 Å². The molecule has 3 rings (SSSR count). The standard InChI is InChI=1S/C13H16N2O3S/c16-13(10-4-6-19(17,18)9-10)15-7-11(8-15)12-3-1-2-5-14-12/h1-3,5,10-11H,4,6-9H2/t10-/m1/s1. The Morgan fingerprint density at radius 2 is 2.11 bits per heavy atom. The first-order valence-corrected chi connectivity index (χ1v) is 8.27. The molecule has 1 aromatic rings. The Balaban J connectivity index is 1.58. The minimum atomic E-state index is -2.98. The van der Waals surface area contributed by atoms with E-state index in [1.165, 1.54) is 0 Å². The quantitative estimate of drug-likeness (QED) is 0.788. The molecule has 2 aliphatic heterocycles. The molecule has 1 aromatic heterocycles. The van der Waals surface area contributed by atoms with E-state index in [1.54, 1.807) is 11.1 Å². The van der Waals surface area contributed by atoms with Crippen molar-refractivity contribution in [2.24, 2.45) is 5.92 Å². The zero-order chi connectivity index (χ0) is 13.5. The van der Waals surface area contributed by atoms with Crippen molar-refractivity contribution in [3.05, 3.63) is 30.1 Å². The van der Waals surface area contributed by atoms with Crippen molar-refractivity contribution in [2.75, 3.05) is 24.6 Å². The number of aromatic nitrogens is 1. The number of carbonyl (C=O) groups excluding carboxylic acids is 1. The molecule has 102 valence electrons. The summed E-state index contributed by atoms with van der Waals surface area (Å²) in [7, 11) is -2.98. The van der Waals surface area contributed by atoms with Gasteiger partial charge in [-0.25, -0.2) is 8.42 Å². The number of hydrogen-bond acceptors (Lipinski definition) is 4. The highest BCUT2D eigenvalue weighted by Crippen LogP contribution is 2.29. The molecule has 0 saturated carbocycles. The number of pyridine rings is 1. The molecule has 0 spiro atoms. The summed E-state index contributed by atoms with van der Waals surface area (Å²) in [5.41, 5.74) is 1.01. The summed E-state index contributed by atoms with van der Waals surface area (Å²) >= 11 is 0. The Hall–Kier alpha value is -1.43. The third-order valence-electron chi connectivity index (χ3n) is 3.88. The van der Waals surface area contributed by atoms with Crippen LogP contribution in [0.15, 0.2) is 24.4 Å². The summed E-state index contributed by atoms with van der Waals surface area (Å²) in [5, 5.41) is 0. The van der Waals surface area contributed by atoms with Gasteiger partial charge in [-0.15, -0.1) is 0 Å². The summed E-state index contributed by atoms with van der Waals surface area (Å²) in [4.78, 5) is 18.2. The van der Waals surface area contributed by atoms with Crippen LogP contribution in [0.25, 0.3) is 0 Å². The van der Waals surface area contributed by atoms with Crippen molar-refractivity contribution < 1.29 is 13.2 Å². The molecule has 0 radical (unpaired) electrons. The predicted octanol–water partition coefficient (Wildman–Crippen LogP) is 0.442. The van der Waals surface area contributed by atoms with Crippen molar-refractivity contribution in [2.45, 2.75) is 12.3 Å². The largest absolute Gasteiger partial charge is 0.341 e. The molecule has 0 aromatic carbocycles. The molecule has 6 heteroatoms. The molecule has 0 unspecified atom stereocenters. The maximum Gasteiger partial charge on any atom is 0.226 e. The number of sulfone groups is 1. The van der Waals surface area contributed by atoms with E-state index >= 15 is 0 Å². The minimum absolute atomic E-state index is 0.00624. The molecule has 0 bridgehead atoms. The first kappa shape index (κ1) is 12.6. The van der Waals surface area contributed by atoms with Gasteiger partial charge in [0.05, 0.1) is 17.4 Å². The number of likely N-dealkylation sites (tertiary alicyclic amines) is 1. The molecule has 19 heavy (non-hydrogen) atoms. The van der Waals surface area contributed by atoms with E-state index in [-0.39, 0.29) is 23.3 Å². The Morgan fingerprint density at radius 1 is 1.32 bits per heavy atom. The maximum absolute atomic E-state index is 12.1. The lowest BCUT2D eigenvalue weighted by atomic mass is 9.93. The first-order valence-electron chi connectivity index (χ1n) is 6.45. The lowest BCUT2D eigenvalue weighted by molar-refractivity contribution is -0.139. The van der Waals surface area contributed by atoms with E-state index in [0.29, 0.717) is 25.4 Å². The molecule has 3 heterocycles. The Morgan fingerprint density at radius 3 is 2.68 bits per heavy atom. The van der Waals surface area contributed by atoms with Gasteiger partial charge in [0.25, 0.3) is 0 Å². The van der Waals surface area contributed by atoms with Gasteiger partial charge < -0.3 is 4.90 Å². The van der Waals surface area contributed by atoms with Crippen molar-refractivity contribution >= 4 is 15.7 Å². The smallest absolute Gasteiger partial charge is 0.226 e. The van der Waals surface area contributed by atoms with Gasteiger partial charge in [0, 0.05) is 30.9 Å². The number of rotatable bonds is 2. The van der Waals surface area contributed by atoms with Crippen LogP contribution in [-0.4, -0.2) is 48.8 Å². The molecule has 0 N–H and O–H groups in total. The second-order valence-electron chi connectivity index (χ2n) is 5.29. The predicted molar refractivity (Wildman–Crippen MR) is 70.3 cm³/mol. The van der Waals surface area contributed by atoms with E-state index in [2.05, 4.69) is 4.98 Å². The summed E-state index contributed by atoms with van der Waals surface area (Å²) < 4.78 is 22.8. The minimum Gasteiger partial charge on any atom is -0.341 e. The number of amides is 1. The fourth-order valence-electron chi connectivity index (χ4n) is 2.71. The molecule has 1 atom stereocenters. The second kappa shape index (κ2) is 4.59. The summed E-state index contributed by atoms with van der Waals surface area (Å²) in [6.45, 7) is 1.32. The van der Waals surface area contributed by atoms with Crippen LogP contribution >= 0.6 is 0 Å². The van der Waals surface area contributed by atoms with E-state index in [0.717, 1.165) is 5.69 Å². The zero-order valence-corrected chi connectivity index (χ0v) is 11.3. The number of hydrogen-bond donors (Lipinski definition) is 0. The molecule has 5 nitrogen and oxygen atoms in total. The maximum atomic E-state index is 12.1. The van der Waals surface area contributed by atoms with E-state index < -0.39 is 9.84 Å². The molecular formula is C13H16N2O3S. The van der Waals surface area contributed by atoms with Gasteiger partial charge >= 0.3 is 0 Å². The van der Waals surface area contributed by atoms with Crippen LogP contribution < -0.4 is 0 Å². The second-order valence-corrected chi connectivity index (χ2v) is 7.52. The molecule has 1 amide bonds. The van der Waals surface area contributed by atoms with Gasteiger partial charge in [0.15, 0.2) is 9.84 Å². The van der Waals surface area contributed by atoms with Crippen LogP contribution in [0.2, 0.25) is 0 Å². The lowest BCUT2D eigenvalue weighted by Crippen LogP contribution is -2.51. The molecule has 2 aliphatic rings. The van der Waals surface area contributed by atoms with Crippen LogP contribution in [-0.2, 0) is 14.6 Å². The highest BCUT2D eigenvalue weighted by molar-refractivity contribution is 7.91. The van der Waals surface area contributed by atoms with Gasteiger partial charge in [-0.1, -0.05) is 6.07 Å². The third kappa shape index (κ3) is 2.49. The average Bonchev–Trinajstić information content (AvgIpc) is 2.69. The van der Waals surface area contributed by atoms with Crippen molar-refractivity contribution in [3.63, 3.8) is 0 Å². The molecule has 0 aliphatic carbocycles.